The van der Waals surface area contributed by atoms with Gasteiger partial charge in [-0.2, -0.15) is 5.10 Å². The van der Waals surface area contributed by atoms with Gasteiger partial charge < -0.3 is 16.0 Å². The van der Waals surface area contributed by atoms with Crippen molar-refractivity contribution in [3.63, 3.8) is 0 Å². The second-order valence-corrected chi connectivity index (χ2v) is 10.2. The molecule has 282 valence electrons. The Balaban J connectivity index is 0.000000909. The molecule has 3 aromatic heterocycles. The largest absolute Gasteiger partial charge is 0.388 e. The van der Waals surface area contributed by atoms with E-state index in [1.165, 1.54) is 31.0 Å². The number of nitrogens with one attached hydrogen (secondary N) is 3. The number of allylic oxidation sites excluding steroid dienone is 2. The number of nitrogens with zero attached hydrogens (tertiary/aromatic N) is 6. The van der Waals surface area contributed by atoms with Gasteiger partial charge in [-0.05, 0) is 77.5 Å². The van der Waals surface area contributed by atoms with Gasteiger partial charge in [-0.3, -0.25) is 23.8 Å². The topological polar surface area (TPSA) is 187 Å². The molecule has 0 aliphatic rings. The van der Waals surface area contributed by atoms with Crippen LogP contribution in [0.2, 0.25) is 0 Å². The van der Waals surface area contributed by atoms with E-state index in [4.69, 9.17) is 4.79 Å². The highest BCUT2D eigenvalue weighted by Crippen LogP contribution is 2.23. The van der Waals surface area contributed by atoms with E-state index in [1.54, 1.807) is 33.3 Å². The van der Waals surface area contributed by atoms with Crippen LogP contribution >= 0.6 is 0 Å². The van der Waals surface area contributed by atoms with Crippen molar-refractivity contribution in [2.24, 2.45) is 5.73 Å². The van der Waals surface area contributed by atoms with Gasteiger partial charge in [0, 0.05) is 30.9 Å². The molecule has 0 atom stereocenters. The first kappa shape index (κ1) is 44.2. The molecule has 0 unspecified atom stereocenters. The minimum atomic E-state index is -0.929. The summed E-state index contributed by atoms with van der Waals surface area (Å²) in [7, 11) is 8.26. The van der Waals surface area contributed by atoms with Crippen LogP contribution in [-0.4, -0.2) is 75.7 Å². The normalized spacial score (nSPS) is 10.2. The number of benzene rings is 2. The van der Waals surface area contributed by atoms with Crippen LogP contribution in [-0.2, 0) is 22.7 Å². The van der Waals surface area contributed by atoms with Crippen LogP contribution in [0.15, 0.2) is 81.1 Å². The van der Waals surface area contributed by atoms with Crippen LogP contribution < -0.4 is 33.3 Å². The number of hydrogen-bond donors (Lipinski definition) is 4. The number of rotatable bonds is 9. The summed E-state index contributed by atoms with van der Waals surface area (Å²) in [6.45, 7) is 7.69. The zero-order valence-corrected chi connectivity index (χ0v) is 30.9. The summed E-state index contributed by atoms with van der Waals surface area (Å²) in [5, 5.41) is 13.8. The molecule has 0 saturated heterocycles. The van der Waals surface area contributed by atoms with Crippen LogP contribution in [0.1, 0.15) is 39.0 Å². The molecule has 52 heavy (non-hydrogen) atoms. The number of anilines is 1. The molecule has 0 aliphatic carbocycles. The van der Waals surface area contributed by atoms with Crippen molar-refractivity contribution in [2.75, 3.05) is 40.6 Å². The number of carbonyl (C=O) groups excluding carboxylic acids is 1. The van der Waals surface area contributed by atoms with Crippen molar-refractivity contribution in [2.45, 2.75) is 40.8 Å². The Labute approximate surface area is 300 Å². The van der Waals surface area contributed by atoms with Gasteiger partial charge in [-0.25, -0.2) is 33.4 Å². The Morgan fingerprint density at radius 1 is 0.962 bits per heavy atom. The summed E-state index contributed by atoms with van der Waals surface area (Å²) in [6.07, 6.45) is 4.46. The van der Waals surface area contributed by atoms with E-state index in [0.717, 1.165) is 33.0 Å². The lowest BCUT2D eigenvalue weighted by Crippen LogP contribution is -2.40. The van der Waals surface area contributed by atoms with Gasteiger partial charge in [0.15, 0.2) is 11.5 Å². The van der Waals surface area contributed by atoms with Gasteiger partial charge in [-0.15, -0.1) is 5.10 Å². The first-order valence-electron chi connectivity index (χ1n) is 16.1. The van der Waals surface area contributed by atoms with Crippen molar-refractivity contribution in [1.82, 2.24) is 39.5 Å². The van der Waals surface area contributed by atoms with Crippen molar-refractivity contribution >= 4 is 23.1 Å². The van der Waals surface area contributed by atoms with Crippen LogP contribution in [0, 0.1) is 11.6 Å². The molecule has 0 fully saturated rings. The van der Waals surface area contributed by atoms with E-state index in [2.05, 4.69) is 31.2 Å². The molecule has 0 spiro atoms. The number of halogens is 2. The number of hydroxylamine groups is 1. The van der Waals surface area contributed by atoms with E-state index in [-0.39, 0.29) is 29.0 Å². The predicted octanol–water partition coefficient (Wildman–Crippen LogP) is 3.33. The smallest absolute Gasteiger partial charge is 0.338 e. The second-order valence-electron chi connectivity index (χ2n) is 10.2. The van der Waals surface area contributed by atoms with Crippen molar-refractivity contribution in [1.29, 1.82) is 0 Å². The standard InChI is InChI=1S/C26H24F2N8O3.C4H8.C2H5NO2.C2H6.CH5N/c1-29-15-7-9-16(10-8-15)36-20(14-33(2)3)23-24(32-36)34(13-17-18(27)5-4-6-19(17)28)26(39)35(25(23)38)21-11-12-22(37)31-30-21;1-3-4-2;1-5-3-2-4;2*1-2/h4-12,29H,13-14H2,1-3H3,(H,31,37);3-4H,1-2H3;2H,1H3,(H,3,4);1-2H3;2H2,1H3. The number of fused-ring (bicyclic) bond motifs is 1. The maximum absolute atomic E-state index is 14.7. The van der Waals surface area contributed by atoms with Crippen LogP contribution in [0.4, 0.5) is 14.5 Å². The number of aromatic amines is 1. The van der Waals surface area contributed by atoms with E-state index in [9.17, 15) is 23.2 Å². The lowest BCUT2D eigenvalue weighted by molar-refractivity contribution is -0.118. The fraction of sp³-hybridized carbons (Fsp3) is 0.314. The minimum absolute atomic E-state index is 0.0529. The molecule has 0 saturated carbocycles. The zero-order valence-electron chi connectivity index (χ0n) is 30.9. The number of carbonyl (C=O) groups is 1. The van der Waals surface area contributed by atoms with Crippen molar-refractivity contribution in [3.05, 3.63) is 121 Å². The minimum Gasteiger partial charge on any atom is -0.388 e. The number of amides is 1. The fourth-order valence-corrected chi connectivity index (χ4v) is 4.38. The summed E-state index contributed by atoms with van der Waals surface area (Å²) >= 11 is 0. The molecule has 5 aromatic rings. The Morgan fingerprint density at radius 3 is 2.00 bits per heavy atom. The molecular formula is C35H48F2N10O5. The van der Waals surface area contributed by atoms with E-state index < -0.39 is 35.0 Å². The highest BCUT2D eigenvalue weighted by atomic mass is 19.1. The van der Waals surface area contributed by atoms with Crippen LogP contribution in [0.5, 0.6) is 0 Å². The Kier molecular flexibility index (Phi) is 19.4. The van der Waals surface area contributed by atoms with Gasteiger partial charge >= 0.3 is 5.69 Å². The summed E-state index contributed by atoms with van der Waals surface area (Å²) in [5.74, 6) is -1.87. The van der Waals surface area contributed by atoms with Gasteiger partial charge in [0.1, 0.15) is 17.0 Å². The van der Waals surface area contributed by atoms with Crippen LogP contribution in [0.3, 0.4) is 0 Å². The molecule has 5 N–H and O–H groups in total. The maximum atomic E-state index is 14.7. The fourth-order valence-electron chi connectivity index (χ4n) is 4.38. The third-order valence-corrected chi connectivity index (χ3v) is 6.69. The number of nitrogens with two attached hydrogens (primary N) is 1. The lowest BCUT2D eigenvalue weighted by Gasteiger charge is -2.14. The van der Waals surface area contributed by atoms with Gasteiger partial charge in [0.2, 0.25) is 6.41 Å². The van der Waals surface area contributed by atoms with Crippen molar-refractivity contribution in [3.8, 4) is 11.5 Å². The van der Waals surface area contributed by atoms with E-state index in [0.29, 0.717) is 17.8 Å². The summed E-state index contributed by atoms with van der Waals surface area (Å²) in [5.41, 5.74) is 5.70. The molecule has 3 heterocycles. The lowest BCUT2D eigenvalue weighted by atomic mass is 10.2. The summed E-state index contributed by atoms with van der Waals surface area (Å²) in [6, 6.07) is 12.9. The first-order valence-corrected chi connectivity index (χ1v) is 16.1. The number of H-pyrrole nitrogens is 1. The monoisotopic (exact) mass is 726 g/mol. The highest BCUT2D eigenvalue weighted by molar-refractivity contribution is 5.79. The summed E-state index contributed by atoms with van der Waals surface area (Å²) in [4.78, 5) is 54.3. The average molecular weight is 727 g/mol. The Hall–Kier alpha value is -5.78. The quantitative estimate of drug-likeness (QED) is 0.0997. The molecule has 1 amide bonds. The third kappa shape index (κ3) is 11.4. The average Bonchev–Trinajstić information content (AvgIpc) is 3.52. The third-order valence-electron chi connectivity index (χ3n) is 6.69. The molecule has 5 rings (SSSR count). The number of aromatic nitrogens is 6. The molecule has 17 heteroatoms. The summed E-state index contributed by atoms with van der Waals surface area (Å²) < 4.78 is 32.7. The maximum Gasteiger partial charge on any atom is 0.338 e. The predicted molar refractivity (Wildman–Crippen MR) is 200 cm³/mol. The molecule has 0 radical (unpaired) electrons. The SMILES string of the molecule is CC.CC=CC.CN.CNc1ccc(-n2nc3c(c2CN(C)C)c(=O)n(-c2ccc(=O)[nH]n2)c(=O)n3Cc2c(F)cccc2F)cc1.CONC=O. The Bertz CT molecular complexity index is 2010. The van der Waals surface area contributed by atoms with E-state index >= 15 is 0 Å². The van der Waals surface area contributed by atoms with E-state index in [1.807, 2.05) is 62.4 Å². The Morgan fingerprint density at radius 2 is 1.56 bits per heavy atom. The first-order chi connectivity index (χ1) is 25.0. The van der Waals surface area contributed by atoms with Gasteiger partial charge in [0.05, 0.1) is 25.0 Å². The molecule has 0 aliphatic heterocycles. The van der Waals surface area contributed by atoms with Gasteiger partial charge in [-0.1, -0.05) is 32.1 Å². The molecule has 0 bridgehead atoms. The van der Waals surface area contributed by atoms with Gasteiger partial charge in [0.25, 0.3) is 11.1 Å². The number of hydrogen-bond acceptors (Lipinski definition) is 10. The zero-order chi connectivity index (χ0) is 39.4. The van der Waals surface area contributed by atoms with Crippen LogP contribution in [0.25, 0.3) is 22.5 Å². The second kappa shape index (κ2) is 22.8. The highest BCUT2D eigenvalue weighted by Gasteiger charge is 2.25. The molecular weight excluding hydrogens is 678 g/mol. The molecule has 2 aromatic carbocycles. The molecule has 15 nitrogen and oxygen atoms in total. The van der Waals surface area contributed by atoms with Crippen molar-refractivity contribution < 1.29 is 18.4 Å².